The van der Waals surface area contributed by atoms with E-state index in [1.54, 1.807) is 22.6 Å². The average molecular weight is 441 g/mol. The van der Waals surface area contributed by atoms with E-state index in [-0.39, 0.29) is 12.1 Å². The zero-order valence-electron chi connectivity index (χ0n) is 17.6. The van der Waals surface area contributed by atoms with Crippen molar-refractivity contribution >= 4 is 27.8 Å². The number of nitrogens with one attached hydrogen (secondary N) is 1. The van der Waals surface area contributed by atoms with Crippen molar-refractivity contribution in [3.8, 4) is 0 Å². The number of amides is 4. The highest BCUT2D eigenvalue weighted by atomic mass is 32.2. The van der Waals surface area contributed by atoms with Gasteiger partial charge in [-0.2, -0.15) is 0 Å². The van der Waals surface area contributed by atoms with Gasteiger partial charge in [-0.05, 0) is 33.6 Å². The van der Waals surface area contributed by atoms with Crippen molar-refractivity contribution < 1.29 is 22.8 Å². The third kappa shape index (κ3) is 3.75. The Hall–Kier alpha value is -2.63. The molecule has 1 aromatic heterocycles. The average Bonchev–Trinajstić information content (AvgIpc) is 3.18. The standard InChI is InChI=1S/C18H28N6O5S/c1-11-20-9-13-10-23(17(27)24(11)13)12-5-7-22(8-6-12)15(25)14(21-16(19)26)18(2,3)30(4,28)29/h9,12,14H,5-8,10H2,1-4H3,(H3,19,21,26)/t14-/m0/s1. The SMILES string of the molecule is Cc1ncc2n1C(=O)N(C1CCN(C(=O)[C@H](NC(N)=O)C(C)(C)S(C)(=O)=O)CC1)C2. The van der Waals surface area contributed by atoms with Gasteiger partial charge < -0.3 is 20.9 Å². The van der Waals surface area contributed by atoms with E-state index in [0.717, 1.165) is 11.9 Å². The van der Waals surface area contributed by atoms with E-state index in [9.17, 15) is 22.8 Å². The molecule has 1 saturated heterocycles. The highest BCUT2D eigenvalue weighted by molar-refractivity contribution is 7.92. The molecule has 0 aromatic carbocycles. The van der Waals surface area contributed by atoms with E-state index in [4.69, 9.17) is 5.73 Å². The van der Waals surface area contributed by atoms with Gasteiger partial charge in [-0.3, -0.25) is 9.36 Å². The fraction of sp³-hybridized carbons (Fsp3) is 0.667. The topological polar surface area (TPSA) is 148 Å². The van der Waals surface area contributed by atoms with Crippen LogP contribution in [0.15, 0.2) is 6.20 Å². The number of primary amides is 1. The first-order valence-corrected chi connectivity index (χ1v) is 11.6. The second kappa shape index (κ2) is 7.56. The van der Waals surface area contributed by atoms with Gasteiger partial charge in [-0.25, -0.2) is 23.0 Å². The van der Waals surface area contributed by atoms with Gasteiger partial charge >= 0.3 is 12.1 Å². The number of rotatable bonds is 5. The van der Waals surface area contributed by atoms with Gasteiger partial charge in [0.15, 0.2) is 9.84 Å². The minimum atomic E-state index is -3.67. The monoisotopic (exact) mass is 440 g/mol. The van der Waals surface area contributed by atoms with E-state index in [1.165, 1.54) is 18.7 Å². The lowest BCUT2D eigenvalue weighted by Gasteiger charge is -2.40. The first-order valence-electron chi connectivity index (χ1n) is 9.73. The lowest BCUT2D eigenvalue weighted by Crippen LogP contribution is -2.63. The molecule has 1 atom stereocenters. The Morgan fingerprint density at radius 2 is 1.90 bits per heavy atom. The highest BCUT2D eigenvalue weighted by Crippen LogP contribution is 2.28. The molecule has 3 rings (SSSR count). The van der Waals surface area contributed by atoms with Crippen molar-refractivity contribution in [2.45, 2.75) is 57.0 Å². The third-order valence-electron chi connectivity index (χ3n) is 6.18. The molecule has 30 heavy (non-hydrogen) atoms. The summed E-state index contributed by atoms with van der Waals surface area (Å²) in [5, 5.41) is 2.31. The Balaban J connectivity index is 1.69. The third-order valence-corrected chi connectivity index (χ3v) is 8.33. The molecule has 3 N–H and O–H groups in total. The summed E-state index contributed by atoms with van der Waals surface area (Å²) in [5.41, 5.74) is 6.04. The minimum Gasteiger partial charge on any atom is -0.352 e. The molecular weight excluding hydrogens is 412 g/mol. The van der Waals surface area contributed by atoms with E-state index in [0.29, 0.717) is 38.3 Å². The first kappa shape index (κ1) is 22.1. The number of nitrogens with two attached hydrogens (primary N) is 1. The summed E-state index contributed by atoms with van der Waals surface area (Å²) in [7, 11) is -3.67. The number of piperidine rings is 1. The lowest BCUT2D eigenvalue weighted by atomic mass is 9.98. The molecule has 3 heterocycles. The number of carbonyl (C=O) groups excluding carboxylic acids is 3. The summed E-state index contributed by atoms with van der Waals surface area (Å²) in [6, 6.07) is -2.42. The molecule has 1 aromatic rings. The van der Waals surface area contributed by atoms with E-state index >= 15 is 0 Å². The van der Waals surface area contributed by atoms with E-state index in [2.05, 4.69) is 10.3 Å². The van der Waals surface area contributed by atoms with Crippen LogP contribution in [0.1, 0.15) is 38.2 Å². The highest BCUT2D eigenvalue weighted by Gasteiger charge is 2.46. The second-order valence-electron chi connectivity index (χ2n) is 8.42. The van der Waals surface area contributed by atoms with Gasteiger partial charge in [0.2, 0.25) is 5.91 Å². The molecule has 4 amide bonds. The maximum Gasteiger partial charge on any atom is 0.330 e. The number of aryl methyl sites for hydroxylation is 1. The zero-order chi connectivity index (χ0) is 22.4. The van der Waals surface area contributed by atoms with Gasteiger partial charge in [-0.15, -0.1) is 0 Å². The van der Waals surface area contributed by atoms with Crippen molar-refractivity contribution in [3.05, 3.63) is 17.7 Å². The molecule has 0 unspecified atom stereocenters. The summed E-state index contributed by atoms with van der Waals surface area (Å²) in [5.74, 6) is 0.148. The molecule has 0 bridgehead atoms. The Kier molecular flexibility index (Phi) is 5.56. The lowest BCUT2D eigenvalue weighted by molar-refractivity contribution is -0.135. The minimum absolute atomic E-state index is 0.0358. The van der Waals surface area contributed by atoms with Crippen LogP contribution in [0.25, 0.3) is 0 Å². The summed E-state index contributed by atoms with van der Waals surface area (Å²) < 4.78 is 24.5. The van der Waals surface area contributed by atoms with Crippen LogP contribution in [0, 0.1) is 6.92 Å². The summed E-state index contributed by atoms with van der Waals surface area (Å²) >= 11 is 0. The number of fused-ring (bicyclic) bond motifs is 1. The zero-order valence-corrected chi connectivity index (χ0v) is 18.4. The summed E-state index contributed by atoms with van der Waals surface area (Å²) in [6.07, 6.45) is 3.82. The predicted molar refractivity (Wildman–Crippen MR) is 108 cm³/mol. The number of hydrogen-bond acceptors (Lipinski definition) is 6. The smallest absolute Gasteiger partial charge is 0.330 e. The van der Waals surface area contributed by atoms with Crippen molar-refractivity contribution in [1.29, 1.82) is 0 Å². The fourth-order valence-electron chi connectivity index (χ4n) is 3.99. The second-order valence-corrected chi connectivity index (χ2v) is 11.0. The molecule has 166 valence electrons. The van der Waals surface area contributed by atoms with Gasteiger partial charge in [0.05, 0.1) is 23.2 Å². The molecule has 1 fully saturated rings. The van der Waals surface area contributed by atoms with Crippen molar-refractivity contribution in [3.63, 3.8) is 0 Å². The molecule has 0 saturated carbocycles. The largest absolute Gasteiger partial charge is 0.352 e. The van der Waals surface area contributed by atoms with Gasteiger partial charge in [-0.1, -0.05) is 0 Å². The van der Waals surface area contributed by atoms with Gasteiger partial charge in [0.1, 0.15) is 11.9 Å². The van der Waals surface area contributed by atoms with Crippen LogP contribution in [0.3, 0.4) is 0 Å². The van der Waals surface area contributed by atoms with Crippen molar-refractivity contribution in [2.75, 3.05) is 19.3 Å². The number of carbonyl (C=O) groups is 3. The van der Waals surface area contributed by atoms with Crippen molar-refractivity contribution in [1.82, 2.24) is 24.7 Å². The first-order chi connectivity index (χ1) is 13.8. The van der Waals surface area contributed by atoms with Crippen LogP contribution in [0.4, 0.5) is 9.59 Å². The van der Waals surface area contributed by atoms with Crippen LogP contribution in [0.5, 0.6) is 0 Å². The fourth-order valence-corrected chi connectivity index (χ4v) is 4.58. The number of sulfone groups is 1. The number of urea groups is 1. The molecule has 2 aliphatic rings. The van der Waals surface area contributed by atoms with Crippen molar-refractivity contribution in [2.24, 2.45) is 5.73 Å². The Bertz CT molecular complexity index is 977. The normalized spacial score (nSPS) is 19.0. The summed E-state index contributed by atoms with van der Waals surface area (Å²) in [4.78, 5) is 44.7. The number of hydrogen-bond donors (Lipinski definition) is 2. The molecule has 0 aliphatic carbocycles. The molecule has 0 radical (unpaired) electrons. The maximum atomic E-state index is 13.1. The van der Waals surface area contributed by atoms with Crippen LogP contribution in [-0.4, -0.2) is 81.9 Å². The van der Waals surface area contributed by atoms with Gasteiger partial charge in [0, 0.05) is 25.4 Å². The van der Waals surface area contributed by atoms with Crippen LogP contribution < -0.4 is 11.1 Å². The summed E-state index contributed by atoms with van der Waals surface area (Å²) in [6.45, 7) is 5.72. The Labute approximate surface area is 175 Å². The van der Waals surface area contributed by atoms with Gasteiger partial charge in [0.25, 0.3) is 0 Å². The van der Waals surface area contributed by atoms with E-state index < -0.39 is 32.6 Å². The molecule has 0 spiro atoms. The molecule has 11 nitrogen and oxygen atoms in total. The molecule has 2 aliphatic heterocycles. The van der Waals surface area contributed by atoms with Crippen LogP contribution in [0.2, 0.25) is 0 Å². The molecular formula is C18H28N6O5S. The number of aromatic nitrogens is 2. The molecule has 12 heteroatoms. The Morgan fingerprint density at radius 1 is 1.30 bits per heavy atom. The maximum absolute atomic E-state index is 13.1. The van der Waals surface area contributed by atoms with E-state index in [1.807, 2.05) is 0 Å². The quantitative estimate of drug-likeness (QED) is 0.649. The predicted octanol–water partition coefficient (Wildman–Crippen LogP) is -0.174. The van der Waals surface area contributed by atoms with Crippen LogP contribution in [-0.2, 0) is 21.2 Å². The number of likely N-dealkylation sites (tertiary alicyclic amines) is 1. The Morgan fingerprint density at radius 3 is 2.40 bits per heavy atom. The number of imidazole rings is 1. The number of nitrogens with zero attached hydrogens (tertiary/aromatic N) is 4. The van der Waals surface area contributed by atoms with Crippen LogP contribution >= 0.6 is 0 Å².